The molecule has 0 aliphatic carbocycles. The normalized spacial score (nSPS) is 14.2. The topological polar surface area (TPSA) is 95.4 Å². The molecule has 3 heterocycles. The number of aromatic amines is 1. The van der Waals surface area contributed by atoms with Gasteiger partial charge in [0, 0.05) is 34.5 Å². The number of thioether (sulfide) groups is 1. The van der Waals surface area contributed by atoms with Crippen LogP contribution in [0.1, 0.15) is 23.0 Å². The van der Waals surface area contributed by atoms with Crippen molar-refractivity contribution in [3.63, 3.8) is 0 Å². The molecule has 0 amide bonds. The van der Waals surface area contributed by atoms with Crippen LogP contribution in [-0.2, 0) is 6.42 Å². The van der Waals surface area contributed by atoms with Gasteiger partial charge in [-0.15, -0.1) is 10.2 Å². The third kappa shape index (κ3) is 3.26. The molecular weight excluding hydrogens is 384 g/mol. The number of fused-ring (bicyclic) bond motifs is 2. The summed E-state index contributed by atoms with van der Waals surface area (Å²) in [6.07, 6.45) is 2.83. The number of rotatable bonds is 5. The first-order chi connectivity index (χ1) is 14.2. The van der Waals surface area contributed by atoms with E-state index in [1.165, 1.54) is 10.9 Å². The molecule has 7 nitrogen and oxygen atoms in total. The minimum absolute atomic E-state index is 0.0479. The Morgan fingerprint density at radius 3 is 2.97 bits per heavy atom. The largest absolute Gasteiger partial charge is 0.497 e. The van der Waals surface area contributed by atoms with Crippen LogP contribution in [0.3, 0.4) is 0 Å². The van der Waals surface area contributed by atoms with Crippen LogP contribution in [0.4, 0.5) is 0 Å². The minimum Gasteiger partial charge on any atom is -0.497 e. The number of benzene rings is 2. The number of methoxy groups -OCH3 is 1. The lowest BCUT2D eigenvalue weighted by Gasteiger charge is -2.20. The molecule has 5 rings (SSSR count). The third-order valence-electron chi connectivity index (χ3n) is 5.06. The number of aromatic nitrogens is 4. The minimum atomic E-state index is -0.0479. The van der Waals surface area contributed by atoms with Gasteiger partial charge in [0.25, 0.3) is 0 Å². The highest BCUT2D eigenvalue weighted by Crippen LogP contribution is 2.31. The van der Waals surface area contributed by atoms with Crippen molar-refractivity contribution >= 4 is 28.4 Å². The van der Waals surface area contributed by atoms with Gasteiger partial charge in [0.1, 0.15) is 5.75 Å². The summed E-state index contributed by atoms with van der Waals surface area (Å²) >= 11 is 1.54. The first-order valence-corrected chi connectivity index (χ1v) is 10.2. The van der Waals surface area contributed by atoms with Crippen LogP contribution in [0.5, 0.6) is 5.75 Å². The second-order valence-corrected chi connectivity index (χ2v) is 7.77. The molecule has 4 aromatic rings. The molecule has 8 heteroatoms. The molecular formula is C21H21N6OS+. The first-order valence-electron chi connectivity index (χ1n) is 9.34. The highest BCUT2D eigenvalue weighted by molar-refractivity contribution is 8.02. The van der Waals surface area contributed by atoms with Gasteiger partial charge in [-0.3, -0.25) is 5.43 Å². The van der Waals surface area contributed by atoms with E-state index in [1.54, 1.807) is 18.9 Å². The van der Waals surface area contributed by atoms with E-state index in [4.69, 9.17) is 4.74 Å². The third-order valence-corrected chi connectivity index (χ3v) is 5.89. The van der Waals surface area contributed by atoms with Crippen molar-refractivity contribution in [2.45, 2.75) is 17.6 Å². The van der Waals surface area contributed by atoms with Crippen molar-refractivity contribution in [2.24, 2.45) is 0 Å². The zero-order valence-electron chi connectivity index (χ0n) is 15.9. The van der Waals surface area contributed by atoms with Crippen molar-refractivity contribution < 1.29 is 10.5 Å². The summed E-state index contributed by atoms with van der Waals surface area (Å²) in [4.78, 5) is 3.33. The Morgan fingerprint density at radius 2 is 2.07 bits per heavy atom. The maximum absolute atomic E-state index is 5.35. The summed E-state index contributed by atoms with van der Waals surface area (Å²) < 4.78 is 7.29. The van der Waals surface area contributed by atoms with Crippen molar-refractivity contribution in [3.8, 4) is 5.75 Å². The molecule has 1 atom stereocenters. The lowest BCUT2D eigenvalue weighted by Crippen LogP contribution is -2.56. The van der Waals surface area contributed by atoms with E-state index in [0.717, 1.165) is 39.9 Å². The molecule has 5 N–H and O–H groups in total. The predicted octanol–water partition coefficient (Wildman–Crippen LogP) is 2.94. The van der Waals surface area contributed by atoms with Gasteiger partial charge < -0.3 is 15.5 Å². The maximum Gasteiger partial charge on any atom is 0.214 e. The van der Waals surface area contributed by atoms with Crippen LogP contribution in [0, 0.1) is 0 Å². The standard InChI is InChI=1S/C21H20N6OS/c1-28-15-6-4-5-13(9-15)19-12-29-21-25-24-20(27(21)26-19)17(22)10-14-11-23-18-8-3-2-7-16(14)18/h2-9,11-12,17,23,26H,10,22H2,1H3/p+1/t17-/m0/s1. The fraction of sp³-hybridized carbons (Fsp3) is 0.143. The monoisotopic (exact) mass is 405 g/mol. The van der Waals surface area contributed by atoms with Crippen LogP contribution in [0.25, 0.3) is 16.6 Å². The van der Waals surface area contributed by atoms with Crippen molar-refractivity contribution in [1.82, 2.24) is 19.9 Å². The van der Waals surface area contributed by atoms with E-state index in [0.29, 0.717) is 0 Å². The Kier molecular flexibility index (Phi) is 4.49. The Bertz CT molecular complexity index is 1210. The van der Waals surface area contributed by atoms with E-state index in [9.17, 15) is 0 Å². The lowest BCUT2D eigenvalue weighted by atomic mass is 10.1. The molecule has 1 aliphatic rings. The summed E-state index contributed by atoms with van der Waals surface area (Å²) in [5.74, 6) is 1.63. The van der Waals surface area contributed by atoms with E-state index in [2.05, 4.69) is 50.7 Å². The van der Waals surface area contributed by atoms with E-state index in [1.807, 2.05) is 40.4 Å². The molecule has 0 radical (unpaired) electrons. The second-order valence-electron chi connectivity index (χ2n) is 6.93. The Balaban J connectivity index is 1.41. The summed E-state index contributed by atoms with van der Waals surface area (Å²) in [5.41, 5.74) is 12.2. The number of para-hydroxylation sites is 1. The SMILES string of the molecule is COc1cccc(C2=CSc3nnc([C@@H]([NH3+])Cc4c[nH]c5ccccc45)n3N2)c1. The van der Waals surface area contributed by atoms with Crippen molar-refractivity contribution in [2.75, 3.05) is 12.5 Å². The van der Waals surface area contributed by atoms with E-state index < -0.39 is 0 Å². The van der Waals surface area contributed by atoms with Crippen LogP contribution in [0.2, 0.25) is 0 Å². The van der Waals surface area contributed by atoms with Crippen LogP contribution < -0.4 is 15.9 Å². The molecule has 146 valence electrons. The second kappa shape index (κ2) is 7.31. The molecule has 0 saturated carbocycles. The van der Waals surface area contributed by atoms with Crippen molar-refractivity contribution in [1.29, 1.82) is 0 Å². The van der Waals surface area contributed by atoms with Gasteiger partial charge in [0.05, 0.1) is 12.8 Å². The maximum atomic E-state index is 5.35. The van der Waals surface area contributed by atoms with Gasteiger partial charge in [-0.25, -0.2) is 4.68 Å². The van der Waals surface area contributed by atoms with Gasteiger partial charge in [0.15, 0.2) is 6.04 Å². The smallest absolute Gasteiger partial charge is 0.214 e. The zero-order chi connectivity index (χ0) is 19.8. The Labute approximate surface area is 171 Å². The molecule has 2 aromatic carbocycles. The quantitative estimate of drug-likeness (QED) is 0.474. The van der Waals surface area contributed by atoms with Gasteiger partial charge in [-0.05, 0) is 23.8 Å². The summed E-state index contributed by atoms with van der Waals surface area (Å²) in [7, 11) is 1.67. The van der Waals surface area contributed by atoms with E-state index >= 15 is 0 Å². The molecule has 29 heavy (non-hydrogen) atoms. The number of H-pyrrole nitrogens is 1. The molecule has 0 bridgehead atoms. The fourth-order valence-electron chi connectivity index (χ4n) is 3.57. The number of nitrogens with zero attached hydrogens (tertiary/aromatic N) is 3. The van der Waals surface area contributed by atoms with Gasteiger partial charge in [0.2, 0.25) is 11.0 Å². The predicted molar refractivity (Wildman–Crippen MR) is 114 cm³/mol. The molecule has 0 saturated heterocycles. The number of nitrogens with one attached hydrogen (secondary N) is 2. The highest BCUT2D eigenvalue weighted by atomic mass is 32.2. The average Bonchev–Trinajstić information content (AvgIpc) is 3.37. The zero-order valence-corrected chi connectivity index (χ0v) is 16.7. The number of hydrogen-bond acceptors (Lipinski definition) is 5. The first kappa shape index (κ1) is 17.8. The van der Waals surface area contributed by atoms with Crippen LogP contribution in [-0.4, -0.2) is 27.0 Å². The van der Waals surface area contributed by atoms with Crippen LogP contribution in [0.15, 0.2) is 65.3 Å². The van der Waals surface area contributed by atoms with E-state index in [-0.39, 0.29) is 6.04 Å². The van der Waals surface area contributed by atoms with Gasteiger partial charge >= 0.3 is 0 Å². The molecule has 2 aromatic heterocycles. The molecule has 1 aliphatic heterocycles. The highest BCUT2D eigenvalue weighted by Gasteiger charge is 2.25. The summed E-state index contributed by atoms with van der Waals surface area (Å²) in [5, 5.41) is 12.8. The molecule has 0 unspecified atom stereocenters. The molecule has 0 spiro atoms. The number of quaternary nitrogens is 1. The average molecular weight is 406 g/mol. The number of hydrogen-bond donors (Lipinski definition) is 3. The molecule has 0 fully saturated rings. The van der Waals surface area contributed by atoms with Gasteiger partial charge in [-0.1, -0.05) is 42.1 Å². The summed E-state index contributed by atoms with van der Waals surface area (Å²) in [6, 6.07) is 16.2. The van der Waals surface area contributed by atoms with Crippen LogP contribution >= 0.6 is 11.8 Å². The van der Waals surface area contributed by atoms with Gasteiger partial charge in [-0.2, -0.15) is 0 Å². The van der Waals surface area contributed by atoms with Crippen molar-refractivity contribution in [3.05, 3.63) is 77.1 Å². The summed E-state index contributed by atoms with van der Waals surface area (Å²) in [6.45, 7) is 0. The fourth-order valence-corrected chi connectivity index (χ4v) is 4.31. The number of ether oxygens (including phenoxy) is 1. The Morgan fingerprint density at radius 1 is 1.17 bits per heavy atom. The lowest BCUT2D eigenvalue weighted by molar-refractivity contribution is -0.428. The Hall–Kier alpha value is -3.23.